The van der Waals surface area contributed by atoms with Crippen molar-refractivity contribution in [2.75, 3.05) is 0 Å². The van der Waals surface area contributed by atoms with Crippen LogP contribution in [0.2, 0.25) is 0 Å². The normalized spacial score (nSPS) is 19.5. The smallest absolute Gasteiger partial charge is 0.168 e. The molecular weight excluding hydrogens is 318 g/mol. The van der Waals surface area contributed by atoms with Crippen molar-refractivity contribution in [3.05, 3.63) is 60.2 Å². The van der Waals surface area contributed by atoms with Crippen molar-refractivity contribution < 1.29 is 17.1 Å². The first-order valence-electron chi connectivity index (χ1n) is 6.07. The van der Waals surface area contributed by atoms with E-state index in [0.717, 1.165) is 11.4 Å². The summed E-state index contributed by atoms with van der Waals surface area (Å²) in [5.41, 5.74) is 0.821. The van der Waals surface area contributed by atoms with E-state index in [1.54, 1.807) is 12.4 Å². The van der Waals surface area contributed by atoms with Crippen molar-refractivity contribution in [3.8, 4) is 0 Å². The average molecular weight is 325 g/mol. The molecule has 6 heteroatoms. The van der Waals surface area contributed by atoms with Crippen molar-refractivity contribution in [1.82, 2.24) is 5.32 Å². The molecule has 0 saturated carbocycles. The van der Waals surface area contributed by atoms with Crippen molar-refractivity contribution in [1.29, 1.82) is 0 Å². The van der Waals surface area contributed by atoms with Crippen LogP contribution in [0.25, 0.3) is 0 Å². The maximum atomic E-state index is 4.35. The van der Waals surface area contributed by atoms with Crippen molar-refractivity contribution >= 4 is 24.3 Å². The molecule has 2 aliphatic rings. The SMILES string of the molecule is [Fe].[c-]1[c-][c-][c-](CN=C2N=CNC3=NC=NC23)[c-]1.[c-]1[c-][c-][cH-][c-]1. The average Bonchev–Trinajstić information content (AvgIpc) is 3.28. The Kier molecular flexibility index (Phi) is 6.01. The molecule has 0 aliphatic carbocycles. The zero-order valence-corrected chi connectivity index (χ0v) is 12.3. The molecule has 22 heavy (non-hydrogen) atoms. The van der Waals surface area contributed by atoms with Gasteiger partial charge in [0, 0.05) is 17.1 Å². The van der Waals surface area contributed by atoms with Gasteiger partial charge in [-0.1, -0.05) is 0 Å². The Morgan fingerprint density at radius 1 is 1.23 bits per heavy atom. The van der Waals surface area contributed by atoms with Gasteiger partial charge in [-0.3, -0.25) is 4.99 Å². The second-order valence-corrected chi connectivity index (χ2v) is 3.92. The van der Waals surface area contributed by atoms with E-state index < -0.39 is 0 Å². The molecule has 114 valence electrons. The summed E-state index contributed by atoms with van der Waals surface area (Å²) in [6, 6.07) is 22.9. The van der Waals surface area contributed by atoms with Gasteiger partial charge in [-0.05, 0) is 0 Å². The summed E-state index contributed by atoms with van der Waals surface area (Å²) >= 11 is 0. The number of hydrogen-bond acceptors (Lipinski definition) is 4. The molecule has 5 nitrogen and oxygen atoms in total. The molecule has 0 fully saturated rings. The minimum atomic E-state index is -0.187. The third-order valence-electron chi connectivity index (χ3n) is 2.57. The van der Waals surface area contributed by atoms with Gasteiger partial charge in [0.1, 0.15) is 12.2 Å². The number of aliphatic imine (C=N–C) groups is 4. The zero-order chi connectivity index (χ0) is 14.3. The van der Waals surface area contributed by atoms with E-state index in [4.69, 9.17) is 0 Å². The summed E-state index contributed by atoms with van der Waals surface area (Å²) in [5, 5.41) is 2.93. The monoisotopic (exact) mass is 325 g/mol. The Balaban J connectivity index is 0.000000253. The maximum absolute atomic E-state index is 4.35. The van der Waals surface area contributed by atoms with Gasteiger partial charge >= 0.3 is 0 Å². The Hall–Kier alpha value is -2.30. The minimum absolute atomic E-state index is 0. The fourth-order valence-electron chi connectivity index (χ4n) is 1.64. The molecule has 0 spiro atoms. The molecule has 0 bridgehead atoms. The first kappa shape index (κ1) is 16.1. The molecule has 0 radical (unpaired) electrons. The topological polar surface area (TPSA) is 61.5 Å². The van der Waals surface area contributed by atoms with Gasteiger partial charge in [0.05, 0.1) is 6.34 Å². The second-order valence-electron chi connectivity index (χ2n) is 3.92. The summed E-state index contributed by atoms with van der Waals surface area (Å²) in [4.78, 5) is 16.7. The van der Waals surface area contributed by atoms with Crippen LogP contribution in [0.3, 0.4) is 0 Å². The Morgan fingerprint density at radius 3 is 2.68 bits per heavy atom. The van der Waals surface area contributed by atoms with E-state index in [0.29, 0.717) is 12.4 Å². The third-order valence-corrected chi connectivity index (χ3v) is 2.57. The van der Waals surface area contributed by atoms with Gasteiger partial charge in [0.2, 0.25) is 0 Å². The van der Waals surface area contributed by atoms with Crippen LogP contribution in [0.1, 0.15) is 5.56 Å². The van der Waals surface area contributed by atoms with Crippen LogP contribution >= 0.6 is 0 Å². The molecule has 2 aromatic carbocycles. The third kappa shape index (κ3) is 4.10. The van der Waals surface area contributed by atoms with Crippen molar-refractivity contribution in [2.45, 2.75) is 12.6 Å². The van der Waals surface area contributed by atoms with E-state index >= 15 is 0 Å². The largest absolute Gasteiger partial charge is 0.999 e. The minimum Gasteiger partial charge on any atom is -0.999 e. The molecule has 0 aromatic heterocycles. The maximum Gasteiger partial charge on any atom is 0.168 e. The molecule has 1 atom stereocenters. The van der Waals surface area contributed by atoms with E-state index in [1.807, 2.05) is 0 Å². The summed E-state index contributed by atoms with van der Waals surface area (Å²) in [5.74, 6) is 1.41. The fraction of sp³-hybridized carbons (Fsp3) is 0.125. The second kappa shape index (κ2) is 8.22. The van der Waals surface area contributed by atoms with Gasteiger partial charge in [0.15, 0.2) is 11.9 Å². The van der Waals surface area contributed by atoms with Crippen LogP contribution in [0.4, 0.5) is 0 Å². The van der Waals surface area contributed by atoms with Crippen LogP contribution in [0, 0.1) is 48.5 Å². The molecule has 2 heterocycles. The number of nitrogens with zero attached hydrogens (tertiary/aromatic N) is 4. The van der Waals surface area contributed by atoms with Crippen LogP contribution < -0.4 is 5.32 Å². The van der Waals surface area contributed by atoms with Gasteiger partial charge in [-0.2, -0.15) is 0 Å². The standard InChI is InChI=1S/C11H6N5.C5H.Fe/c1-2-4-8(3-1)5-12-10-9-11(14-6-13-9)16-7-15-10;1-2-4-5-3-1;/h6-7,9H,5H2,(H,12,13,14,15,16);1H;/q2*-5;. The number of amidine groups is 2. The number of rotatable bonds is 2. The predicted molar refractivity (Wildman–Crippen MR) is 77.2 cm³/mol. The molecule has 4 rings (SSSR count). The van der Waals surface area contributed by atoms with Crippen LogP contribution in [0.15, 0.2) is 26.0 Å². The summed E-state index contributed by atoms with van der Waals surface area (Å²) in [7, 11) is 0. The Morgan fingerprint density at radius 2 is 2.00 bits per heavy atom. The van der Waals surface area contributed by atoms with E-state index in [1.165, 1.54) is 6.34 Å². The first-order chi connectivity index (χ1) is 10.4. The molecule has 1 unspecified atom stereocenters. The Labute approximate surface area is 139 Å². The van der Waals surface area contributed by atoms with Crippen LogP contribution in [0.5, 0.6) is 0 Å². The number of nitrogens with one attached hydrogen (secondary N) is 1. The Bertz CT molecular complexity index is 648. The molecule has 0 saturated heterocycles. The summed E-state index contributed by atoms with van der Waals surface area (Å²) in [6.45, 7) is 0.464. The van der Waals surface area contributed by atoms with E-state index in [2.05, 4.69) is 73.8 Å². The molecular formula is C16H7FeN5-10. The first-order valence-corrected chi connectivity index (χ1v) is 6.07. The van der Waals surface area contributed by atoms with Crippen molar-refractivity contribution in [2.24, 2.45) is 20.0 Å². The van der Waals surface area contributed by atoms with Crippen LogP contribution in [-0.4, -0.2) is 30.4 Å². The molecule has 2 aromatic rings. The number of hydrogen-bond donors (Lipinski definition) is 1. The van der Waals surface area contributed by atoms with Gasteiger partial charge in [-0.15, -0.1) is 6.54 Å². The summed E-state index contributed by atoms with van der Waals surface area (Å²) in [6.07, 6.45) is 3.08. The van der Waals surface area contributed by atoms with E-state index in [9.17, 15) is 0 Å². The van der Waals surface area contributed by atoms with E-state index in [-0.39, 0.29) is 23.1 Å². The van der Waals surface area contributed by atoms with Gasteiger partial charge in [-0.25, -0.2) is 9.98 Å². The van der Waals surface area contributed by atoms with Crippen molar-refractivity contribution in [3.63, 3.8) is 0 Å². The zero-order valence-electron chi connectivity index (χ0n) is 11.2. The fourth-order valence-corrected chi connectivity index (χ4v) is 1.64. The molecule has 0 amide bonds. The van der Waals surface area contributed by atoms with Gasteiger partial charge in [0.25, 0.3) is 0 Å². The number of fused-ring (bicyclic) bond motifs is 1. The van der Waals surface area contributed by atoms with Gasteiger partial charge < -0.3 is 70.5 Å². The summed E-state index contributed by atoms with van der Waals surface area (Å²) < 4.78 is 0. The predicted octanol–water partition coefficient (Wildman–Crippen LogP) is 0.549. The van der Waals surface area contributed by atoms with Crippen LogP contribution in [-0.2, 0) is 23.6 Å². The molecule has 1 N–H and O–H groups in total. The molecule has 2 aliphatic heterocycles. The quantitative estimate of drug-likeness (QED) is 0.636.